The van der Waals surface area contributed by atoms with E-state index in [0.29, 0.717) is 12.8 Å². The van der Waals surface area contributed by atoms with Gasteiger partial charge in [-0.2, -0.15) is 0 Å². The Morgan fingerprint density at radius 1 is 0.720 bits per heavy atom. The Kier molecular flexibility index (Phi) is 13.5. The second kappa shape index (κ2) is 18.0. The largest absolute Gasteiger partial charge is 0.469 e. The topological polar surface area (TPSA) is 174 Å². The number of esters is 3. The van der Waals surface area contributed by atoms with Crippen LogP contribution in [-0.4, -0.2) is 44.2 Å². The number of nitrogen functional groups attached to an aromatic ring is 2. The van der Waals surface area contributed by atoms with Crippen molar-refractivity contribution in [2.75, 3.05) is 32.8 Å². The molecule has 0 amide bonds. The number of benzene rings is 3. The van der Waals surface area contributed by atoms with Gasteiger partial charge in [0.1, 0.15) is 0 Å². The fraction of sp³-hybridized carbons (Fsp3) is 0.410. The van der Waals surface area contributed by atoms with Crippen molar-refractivity contribution in [3.8, 4) is 0 Å². The standard InChI is InChI=1S/C13H13NO4.2C13H17NO2/c1-18-13(15)7-10-4-2-3-9-5-6-11(14(16)17)8-12(9)10;2*1-16-13(15)7-10-4-2-3-9-5-6-11(14)8-12(9)10/h5-8H,2-4H2,1H3;2*5-6,8,10H,2-4,7,14H2,1H3/b10-7+;;/t;2*10-/m.10/s1. The minimum atomic E-state index is -0.427. The van der Waals surface area contributed by atoms with E-state index in [-0.39, 0.29) is 29.5 Å². The van der Waals surface area contributed by atoms with E-state index in [1.807, 2.05) is 24.3 Å². The molecule has 11 nitrogen and oxygen atoms in total. The van der Waals surface area contributed by atoms with Crippen LogP contribution in [0.5, 0.6) is 0 Å². The van der Waals surface area contributed by atoms with Crippen LogP contribution in [0.25, 0.3) is 5.57 Å². The van der Waals surface area contributed by atoms with Gasteiger partial charge in [0, 0.05) is 29.6 Å². The van der Waals surface area contributed by atoms with Crippen molar-refractivity contribution in [2.45, 2.75) is 82.5 Å². The highest BCUT2D eigenvalue weighted by molar-refractivity contribution is 5.92. The molecule has 266 valence electrons. The van der Waals surface area contributed by atoms with E-state index in [1.54, 1.807) is 6.07 Å². The van der Waals surface area contributed by atoms with Crippen molar-refractivity contribution < 1.29 is 33.5 Å². The summed E-state index contributed by atoms with van der Waals surface area (Å²) in [5.41, 5.74) is 20.9. The van der Waals surface area contributed by atoms with Gasteiger partial charge in [-0.1, -0.05) is 18.2 Å². The summed E-state index contributed by atoms with van der Waals surface area (Å²) >= 11 is 0. The fourth-order valence-electron chi connectivity index (χ4n) is 6.97. The van der Waals surface area contributed by atoms with Crippen molar-refractivity contribution in [2.24, 2.45) is 0 Å². The zero-order valence-corrected chi connectivity index (χ0v) is 29.1. The Hall–Kier alpha value is -5.19. The Morgan fingerprint density at radius 3 is 1.70 bits per heavy atom. The van der Waals surface area contributed by atoms with Gasteiger partial charge in [-0.15, -0.1) is 0 Å². The quantitative estimate of drug-likeness (QED) is 0.0687. The van der Waals surface area contributed by atoms with Gasteiger partial charge < -0.3 is 25.7 Å². The molecule has 0 saturated carbocycles. The van der Waals surface area contributed by atoms with E-state index in [1.165, 1.54) is 61.8 Å². The third-order valence-corrected chi connectivity index (χ3v) is 9.53. The molecule has 3 aliphatic carbocycles. The number of non-ortho nitro benzene ring substituents is 1. The molecule has 0 bridgehead atoms. The molecule has 0 heterocycles. The van der Waals surface area contributed by atoms with Gasteiger partial charge in [-0.05, 0) is 133 Å². The minimum absolute atomic E-state index is 0.0476. The van der Waals surface area contributed by atoms with Crippen LogP contribution in [0.4, 0.5) is 17.1 Å². The Morgan fingerprint density at radius 2 is 1.22 bits per heavy atom. The number of rotatable bonds is 6. The molecule has 3 aromatic carbocycles. The lowest BCUT2D eigenvalue weighted by molar-refractivity contribution is -0.384. The number of hydrogen-bond acceptors (Lipinski definition) is 10. The predicted molar refractivity (Wildman–Crippen MR) is 192 cm³/mol. The Balaban J connectivity index is 0.000000169. The highest BCUT2D eigenvalue weighted by Crippen LogP contribution is 2.37. The van der Waals surface area contributed by atoms with Gasteiger partial charge >= 0.3 is 17.9 Å². The van der Waals surface area contributed by atoms with E-state index in [0.717, 1.165) is 85.9 Å². The van der Waals surface area contributed by atoms with Gasteiger partial charge in [0.05, 0.1) is 39.1 Å². The maximum Gasteiger partial charge on any atom is 0.330 e. The third-order valence-electron chi connectivity index (χ3n) is 9.53. The number of anilines is 2. The highest BCUT2D eigenvalue weighted by Gasteiger charge is 2.24. The summed E-state index contributed by atoms with van der Waals surface area (Å²) in [5.74, 6) is -0.149. The van der Waals surface area contributed by atoms with Crippen molar-refractivity contribution in [3.05, 3.63) is 104 Å². The SMILES string of the molecule is COC(=O)/C=C1\CCCc2ccc([N+](=O)[O-])cc21.COC(=O)C[C@@H]1CCCc2ccc(N)cc21.COC(=O)C[C@H]1CCCc2ccc(N)cc21. The third kappa shape index (κ3) is 10.2. The minimum Gasteiger partial charge on any atom is -0.469 e. The first kappa shape index (κ1) is 37.6. The Bertz CT molecular complexity index is 1660. The molecule has 2 atom stereocenters. The van der Waals surface area contributed by atoms with Crippen molar-refractivity contribution >= 4 is 40.5 Å². The maximum atomic E-state index is 11.3. The number of nitro benzene ring substituents is 1. The van der Waals surface area contributed by atoms with E-state index >= 15 is 0 Å². The molecule has 0 radical (unpaired) electrons. The lowest BCUT2D eigenvalue weighted by Crippen LogP contribution is -2.15. The molecule has 0 aromatic heterocycles. The molecular formula is C39H47N3O8. The van der Waals surface area contributed by atoms with Gasteiger partial charge in [-0.25, -0.2) is 4.79 Å². The molecule has 0 aliphatic heterocycles. The van der Waals surface area contributed by atoms with E-state index in [2.05, 4.69) is 16.9 Å². The number of fused-ring (bicyclic) bond motifs is 3. The first-order valence-corrected chi connectivity index (χ1v) is 17.0. The smallest absolute Gasteiger partial charge is 0.330 e. The number of allylic oxidation sites excluding steroid dienone is 1. The van der Waals surface area contributed by atoms with Crippen LogP contribution in [0.1, 0.15) is 96.6 Å². The average molecular weight is 686 g/mol. The summed E-state index contributed by atoms with van der Waals surface area (Å²) in [7, 11) is 4.19. The van der Waals surface area contributed by atoms with Crippen LogP contribution < -0.4 is 11.5 Å². The summed E-state index contributed by atoms with van der Waals surface area (Å²) in [6.45, 7) is 0. The van der Waals surface area contributed by atoms with Crippen LogP contribution in [-0.2, 0) is 47.9 Å². The molecule has 3 aliphatic rings. The zero-order chi connectivity index (χ0) is 36.2. The number of nitro groups is 1. The first-order valence-electron chi connectivity index (χ1n) is 17.0. The number of methoxy groups -OCH3 is 3. The second-order valence-electron chi connectivity index (χ2n) is 12.8. The number of hydrogen-bond donors (Lipinski definition) is 2. The number of ether oxygens (including phenoxy) is 3. The van der Waals surface area contributed by atoms with Crippen LogP contribution in [0.2, 0.25) is 0 Å². The summed E-state index contributed by atoms with van der Waals surface area (Å²) in [5, 5.41) is 10.8. The number of aryl methyl sites for hydroxylation is 3. The van der Waals surface area contributed by atoms with E-state index < -0.39 is 10.9 Å². The number of nitrogens with zero attached hydrogens (tertiary/aromatic N) is 1. The van der Waals surface area contributed by atoms with Crippen molar-refractivity contribution in [1.82, 2.24) is 0 Å². The van der Waals surface area contributed by atoms with Crippen molar-refractivity contribution in [1.29, 1.82) is 0 Å². The van der Waals surface area contributed by atoms with E-state index in [9.17, 15) is 24.5 Å². The molecule has 11 heteroatoms. The number of carbonyl (C=O) groups excluding carboxylic acids is 3. The summed E-state index contributed by atoms with van der Waals surface area (Å²) in [6.07, 6.45) is 11.5. The number of nitrogens with two attached hydrogens (primary N) is 2. The van der Waals surface area contributed by atoms with Gasteiger partial charge in [-0.3, -0.25) is 19.7 Å². The fourth-order valence-corrected chi connectivity index (χ4v) is 6.97. The van der Waals surface area contributed by atoms with Crippen LogP contribution in [0.3, 0.4) is 0 Å². The van der Waals surface area contributed by atoms with Crippen LogP contribution in [0, 0.1) is 10.1 Å². The summed E-state index contributed by atoms with van der Waals surface area (Å²) in [6, 6.07) is 16.8. The molecule has 50 heavy (non-hydrogen) atoms. The normalized spacial score (nSPS) is 17.9. The second-order valence-corrected chi connectivity index (χ2v) is 12.8. The van der Waals surface area contributed by atoms with Crippen molar-refractivity contribution in [3.63, 3.8) is 0 Å². The van der Waals surface area contributed by atoms with Crippen LogP contribution in [0.15, 0.2) is 60.7 Å². The molecule has 4 N–H and O–H groups in total. The summed E-state index contributed by atoms with van der Waals surface area (Å²) < 4.78 is 14.1. The van der Waals surface area contributed by atoms with E-state index in [4.69, 9.17) is 20.9 Å². The highest BCUT2D eigenvalue weighted by atomic mass is 16.6. The monoisotopic (exact) mass is 685 g/mol. The summed E-state index contributed by atoms with van der Waals surface area (Å²) in [4.78, 5) is 44.3. The van der Waals surface area contributed by atoms with Crippen LogP contribution >= 0.6 is 0 Å². The van der Waals surface area contributed by atoms with Gasteiger partial charge in [0.25, 0.3) is 5.69 Å². The molecule has 0 saturated heterocycles. The maximum absolute atomic E-state index is 11.3. The lowest BCUT2D eigenvalue weighted by atomic mass is 9.81. The Labute approximate surface area is 293 Å². The lowest BCUT2D eigenvalue weighted by Gasteiger charge is -2.25. The molecule has 6 rings (SSSR count). The first-order chi connectivity index (χ1) is 24.0. The molecule has 3 aromatic rings. The van der Waals surface area contributed by atoms with Gasteiger partial charge in [0.15, 0.2) is 0 Å². The molecule has 0 spiro atoms. The van der Waals surface area contributed by atoms with Gasteiger partial charge in [0.2, 0.25) is 0 Å². The zero-order valence-electron chi connectivity index (χ0n) is 29.1. The average Bonchev–Trinajstić information content (AvgIpc) is 3.12. The predicted octanol–water partition coefficient (Wildman–Crippen LogP) is 6.99. The number of carbonyl (C=O) groups is 3. The molecule has 0 unspecified atom stereocenters. The molecular weight excluding hydrogens is 638 g/mol. The molecule has 0 fully saturated rings.